The van der Waals surface area contributed by atoms with Crippen LogP contribution in [0.1, 0.15) is 38.2 Å². The Kier molecular flexibility index (Phi) is 5.07. The largest absolute Gasteiger partial charge is 0.486 e. The molecule has 0 unspecified atom stereocenters. The Hall–Kier alpha value is -0.740. The highest BCUT2D eigenvalue weighted by molar-refractivity contribution is 9.10. The normalized spacial score (nSPS) is 24.9. The van der Waals surface area contributed by atoms with Crippen LogP contribution in [0.3, 0.4) is 0 Å². The molecule has 0 amide bonds. The third-order valence-electron chi connectivity index (χ3n) is 4.55. The van der Waals surface area contributed by atoms with Crippen molar-refractivity contribution < 1.29 is 9.47 Å². The quantitative estimate of drug-likeness (QED) is 0.882. The van der Waals surface area contributed by atoms with Crippen LogP contribution in [0.25, 0.3) is 0 Å². The predicted octanol–water partition coefficient (Wildman–Crippen LogP) is 4.14. The van der Waals surface area contributed by atoms with Crippen LogP contribution in [0.4, 0.5) is 0 Å². The van der Waals surface area contributed by atoms with Gasteiger partial charge < -0.3 is 14.8 Å². The van der Waals surface area contributed by atoms with Crippen molar-refractivity contribution in [2.75, 3.05) is 19.8 Å². The third-order valence-corrected chi connectivity index (χ3v) is 5.14. The number of hydrogen-bond donors (Lipinski definition) is 1. The summed E-state index contributed by atoms with van der Waals surface area (Å²) < 4.78 is 12.3. The lowest BCUT2D eigenvalue weighted by Crippen LogP contribution is -2.25. The van der Waals surface area contributed by atoms with Gasteiger partial charge in [-0.1, -0.05) is 19.8 Å². The van der Waals surface area contributed by atoms with Crippen molar-refractivity contribution >= 4 is 15.9 Å². The van der Waals surface area contributed by atoms with Crippen molar-refractivity contribution in [2.45, 2.75) is 39.2 Å². The summed E-state index contributed by atoms with van der Waals surface area (Å²) >= 11 is 3.58. The van der Waals surface area contributed by atoms with Gasteiger partial charge in [0.2, 0.25) is 0 Å². The highest BCUT2D eigenvalue weighted by Gasteiger charge is 2.18. The summed E-state index contributed by atoms with van der Waals surface area (Å²) in [5, 5.41) is 3.60. The van der Waals surface area contributed by atoms with Gasteiger partial charge in [0.15, 0.2) is 11.5 Å². The van der Waals surface area contributed by atoms with Crippen molar-refractivity contribution in [3.63, 3.8) is 0 Å². The summed E-state index contributed by atoms with van der Waals surface area (Å²) in [7, 11) is 0. The SMILES string of the molecule is CC1CCC(CNCc2cc(Br)c3c(c2)OCCO3)CC1. The molecule has 1 aliphatic carbocycles. The van der Waals surface area contributed by atoms with Crippen LogP contribution < -0.4 is 14.8 Å². The molecule has 21 heavy (non-hydrogen) atoms. The number of rotatable bonds is 4. The molecule has 3 nitrogen and oxygen atoms in total. The van der Waals surface area contributed by atoms with E-state index < -0.39 is 0 Å². The summed E-state index contributed by atoms with van der Waals surface area (Å²) in [5.41, 5.74) is 1.25. The first kappa shape index (κ1) is 15.2. The smallest absolute Gasteiger partial charge is 0.175 e. The lowest BCUT2D eigenvalue weighted by Gasteiger charge is -2.26. The first-order chi connectivity index (χ1) is 10.2. The van der Waals surface area contributed by atoms with Gasteiger partial charge in [-0.2, -0.15) is 0 Å². The molecule has 4 heteroatoms. The second-order valence-corrected chi connectivity index (χ2v) is 7.21. The van der Waals surface area contributed by atoms with Gasteiger partial charge in [-0.05, 0) is 64.8 Å². The number of benzene rings is 1. The van der Waals surface area contributed by atoms with Gasteiger partial charge in [0.25, 0.3) is 0 Å². The number of fused-ring (bicyclic) bond motifs is 1. The van der Waals surface area contributed by atoms with Gasteiger partial charge in [-0.25, -0.2) is 0 Å². The molecule has 1 heterocycles. The zero-order valence-electron chi connectivity index (χ0n) is 12.7. The van der Waals surface area contributed by atoms with E-state index >= 15 is 0 Å². The van der Waals surface area contributed by atoms with E-state index in [0.717, 1.165) is 40.9 Å². The van der Waals surface area contributed by atoms with Gasteiger partial charge in [0.05, 0.1) is 4.47 Å². The summed E-state index contributed by atoms with van der Waals surface area (Å²) in [6.07, 6.45) is 5.53. The zero-order valence-corrected chi connectivity index (χ0v) is 14.2. The first-order valence-electron chi connectivity index (χ1n) is 8.01. The van der Waals surface area contributed by atoms with Crippen LogP contribution >= 0.6 is 15.9 Å². The molecule has 0 aromatic heterocycles. The second-order valence-electron chi connectivity index (χ2n) is 6.36. The van der Waals surface area contributed by atoms with E-state index in [1.54, 1.807) is 0 Å². The standard InChI is InChI=1S/C17H24BrNO2/c1-12-2-4-13(5-3-12)10-19-11-14-8-15(18)17-16(9-14)20-6-7-21-17/h8-9,12-13,19H,2-7,10-11H2,1H3. The van der Waals surface area contributed by atoms with E-state index in [-0.39, 0.29) is 0 Å². The molecule has 3 rings (SSSR count). The highest BCUT2D eigenvalue weighted by atomic mass is 79.9. The van der Waals surface area contributed by atoms with Crippen molar-refractivity contribution in [3.8, 4) is 11.5 Å². The molecule has 1 saturated carbocycles. The van der Waals surface area contributed by atoms with Crippen LogP contribution in [0.15, 0.2) is 16.6 Å². The van der Waals surface area contributed by atoms with E-state index in [1.165, 1.54) is 31.2 Å². The Morgan fingerprint density at radius 2 is 1.90 bits per heavy atom. The van der Waals surface area contributed by atoms with E-state index in [0.29, 0.717) is 13.2 Å². The molecule has 0 bridgehead atoms. The molecular formula is C17H24BrNO2. The molecule has 0 spiro atoms. The number of halogens is 1. The van der Waals surface area contributed by atoms with E-state index in [4.69, 9.17) is 9.47 Å². The lowest BCUT2D eigenvalue weighted by atomic mass is 9.83. The molecule has 0 radical (unpaired) electrons. The highest BCUT2D eigenvalue weighted by Crippen LogP contribution is 2.38. The van der Waals surface area contributed by atoms with Crippen LogP contribution in [0, 0.1) is 11.8 Å². The maximum Gasteiger partial charge on any atom is 0.175 e. The molecule has 1 aromatic carbocycles. The lowest BCUT2D eigenvalue weighted by molar-refractivity contribution is 0.170. The molecular weight excluding hydrogens is 330 g/mol. The van der Waals surface area contributed by atoms with E-state index in [1.807, 2.05) is 0 Å². The second kappa shape index (κ2) is 7.01. The molecule has 2 aliphatic rings. The average molecular weight is 354 g/mol. The van der Waals surface area contributed by atoms with Gasteiger partial charge >= 0.3 is 0 Å². The molecule has 1 aliphatic heterocycles. The zero-order chi connectivity index (χ0) is 14.7. The average Bonchev–Trinajstić information content (AvgIpc) is 2.49. The van der Waals surface area contributed by atoms with Crippen LogP contribution in [-0.2, 0) is 6.54 Å². The van der Waals surface area contributed by atoms with Crippen LogP contribution in [0.5, 0.6) is 11.5 Å². The Morgan fingerprint density at radius 3 is 2.71 bits per heavy atom. The summed E-state index contributed by atoms with van der Waals surface area (Å²) in [4.78, 5) is 0. The predicted molar refractivity (Wildman–Crippen MR) is 88.0 cm³/mol. The summed E-state index contributed by atoms with van der Waals surface area (Å²) in [6, 6.07) is 4.22. The van der Waals surface area contributed by atoms with Gasteiger partial charge in [0.1, 0.15) is 13.2 Å². The monoisotopic (exact) mass is 353 g/mol. The van der Waals surface area contributed by atoms with Crippen LogP contribution in [0.2, 0.25) is 0 Å². The minimum atomic E-state index is 0.628. The van der Waals surface area contributed by atoms with Gasteiger partial charge in [-0.15, -0.1) is 0 Å². The number of nitrogens with one attached hydrogen (secondary N) is 1. The van der Waals surface area contributed by atoms with Crippen molar-refractivity contribution in [3.05, 3.63) is 22.2 Å². The van der Waals surface area contributed by atoms with Crippen LogP contribution in [-0.4, -0.2) is 19.8 Å². The minimum Gasteiger partial charge on any atom is -0.486 e. The minimum absolute atomic E-state index is 0.628. The number of hydrogen-bond acceptors (Lipinski definition) is 3. The molecule has 1 aromatic rings. The Balaban J connectivity index is 1.52. The summed E-state index contributed by atoms with van der Waals surface area (Å²) in [6.45, 7) is 5.65. The van der Waals surface area contributed by atoms with Crippen molar-refractivity contribution in [1.82, 2.24) is 5.32 Å². The topological polar surface area (TPSA) is 30.5 Å². The van der Waals surface area contributed by atoms with Gasteiger partial charge in [0, 0.05) is 6.54 Å². The molecule has 116 valence electrons. The fourth-order valence-corrected chi connectivity index (χ4v) is 3.82. The maximum atomic E-state index is 5.67. The Bertz CT molecular complexity index is 484. The van der Waals surface area contributed by atoms with Crippen molar-refractivity contribution in [1.29, 1.82) is 0 Å². The Labute approximate surface area is 135 Å². The fourth-order valence-electron chi connectivity index (χ4n) is 3.22. The van der Waals surface area contributed by atoms with E-state index in [9.17, 15) is 0 Å². The molecule has 0 atom stereocenters. The number of ether oxygens (including phenoxy) is 2. The first-order valence-corrected chi connectivity index (χ1v) is 8.80. The van der Waals surface area contributed by atoms with Gasteiger partial charge in [-0.3, -0.25) is 0 Å². The summed E-state index contributed by atoms with van der Waals surface area (Å²) in [5.74, 6) is 3.47. The molecule has 0 saturated heterocycles. The van der Waals surface area contributed by atoms with Crippen molar-refractivity contribution in [2.24, 2.45) is 11.8 Å². The van der Waals surface area contributed by atoms with E-state index in [2.05, 4.69) is 40.3 Å². The third kappa shape index (κ3) is 3.92. The molecule has 1 N–H and O–H groups in total. The fraction of sp³-hybridized carbons (Fsp3) is 0.647. The molecule has 1 fully saturated rings. The Morgan fingerprint density at radius 1 is 1.14 bits per heavy atom. The maximum absolute atomic E-state index is 5.67.